The molecule has 428 valence electrons. The van der Waals surface area contributed by atoms with Crippen molar-refractivity contribution in [2.24, 2.45) is 23.7 Å². The summed E-state index contributed by atoms with van der Waals surface area (Å²) in [5.74, 6) is -3.26. The number of nitrogens with zero attached hydrogens (tertiary/aromatic N) is 6. The van der Waals surface area contributed by atoms with Crippen LogP contribution in [0.1, 0.15) is 125 Å². The largest absolute Gasteiger partial charge is 0.459 e. The number of β-amino-alcohol motifs (C(OH)–C–C–N with tert-alkyl or cyclic N) is 1. The molecule has 0 amide bonds. The van der Waals surface area contributed by atoms with Gasteiger partial charge in [0.25, 0.3) is 0 Å². The fraction of sp³-hybridized carbons (Fsp3) is 0.836. The second-order valence-corrected chi connectivity index (χ2v) is 23.6. The van der Waals surface area contributed by atoms with Crippen LogP contribution >= 0.6 is 0 Å². The van der Waals surface area contributed by atoms with Crippen LogP contribution in [0.4, 0.5) is 10.1 Å². The molecule has 2 aromatic rings. The highest BCUT2D eigenvalue weighted by molar-refractivity contribution is 5.73. The highest BCUT2D eigenvalue weighted by Gasteiger charge is 2.55. The maximum atomic E-state index is 14.9. The number of ether oxygens (including phenoxy) is 6. The molecule has 6 rings (SSSR count). The van der Waals surface area contributed by atoms with Crippen LogP contribution < -0.4 is 4.90 Å². The van der Waals surface area contributed by atoms with Gasteiger partial charge in [-0.2, -0.15) is 0 Å². The van der Waals surface area contributed by atoms with Gasteiger partial charge in [-0.3, -0.25) is 4.79 Å². The topological polar surface area (TPSA) is 234 Å². The van der Waals surface area contributed by atoms with Gasteiger partial charge in [-0.1, -0.05) is 45.0 Å². The Morgan fingerprint density at radius 2 is 1.64 bits per heavy atom. The number of aliphatic hydroxyl groups excluding tert-OH is 4. The van der Waals surface area contributed by atoms with E-state index in [1.807, 2.05) is 68.9 Å². The third-order valence-corrected chi connectivity index (χ3v) is 17.6. The van der Waals surface area contributed by atoms with Crippen molar-refractivity contribution in [3.63, 3.8) is 0 Å². The van der Waals surface area contributed by atoms with E-state index in [1.54, 1.807) is 54.8 Å². The van der Waals surface area contributed by atoms with Gasteiger partial charge in [0.15, 0.2) is 6.29 Å². The molecule has 0 bridgehead atoms. The van der Waals surface area contributed by atoms with Crippen molar-refractivity contribution >= 4 is 11.7 Å². The normalized spacial score (nSPS) is 41.0. The molecule has 4 saturated heterocycles. The minimum atomic E-state index is -1.83. The lowest BCUT2D eigenvalue weighted by molar-refractivity contribution is -0.302. The first-order chi connectivity index (χ1) is 35.2. The summed E-state index contributed by atoms with van der Waals surface area (Å²) in [5, 5.41) is 79.0. The number of carbonyl (C=O) groups is 1. The Hall–Kier alpha value is -2.96. The van der Waals surface area contributed by atoms with Gasteiger partial charge in [-0.15, -0.1) is 5.10 Å². The summed E-state index contributed by atoms with van der Waals surface area (Å²) in [6.07, 6.45) is -5.90. The first kappa shape index (κ1) is 61.3. The summed E-state index contributed by atoms with van der Waals surface area (Å²) in [6.45, 7) is 19.3. The summed E-state index contributed by atoms with van der Waals surface area (Å²) >= 11 is 0. The maximum Gasteiger partial charge on any atom is 0.309 e. The van der Waals surface area contributed by atoms with Gasteiger partial charge < -0.3 is 73.8 Å². The lowest BCUT2D eigenvalue weighted by atomic mass is 9.68. The van der Waals surface area contributed by atoms with E-state index < -0.39 is 127 Å². The first-order valence-corrected chi connectivity index (χ1v) is 27.3. The van der Waals surface area contributed by atoms with E-state index in [0.717, 1.165) is 17.8 Å². The zero-order valence-electron chi connectivity index (χ0n) is 47.2. The zero-order chi connectivity index (χ0) is 55.5. The van der Waals surface area contributed by atoms with E-state index in [4.69, 9.17) is 28.4 Å². The van der Waals surface area contributed by atoms with Crippen LogP contribution in [0.2, 0.25) is 0 Å². The van der Waals surface area contributed by atoms with Gasteiger partial charge >= 0.3 is 5.97 Å². The molecular weight excluding hydrogens is 972 g/mol. The Labute approximate surface area is 444 Å². The van der Waals surface area contributed by atoms with E-state index in [-0.39, 0.29) is 31.3 Å². The molecule has 0 aliphatic carbocycles. The molecule has 19 nitrogen and oxygen atoms in total. The molecular formula is C55H93FN6O13. The van der Waals surface area contributed by atoms with E-state index in [2.05, 4.69) is 15.2 Å². The molecule has 4 fully saturated rings. The summed E-state index contributed by atoms with van der Waals surface area (Å²) in [7, 11) is 6.80. The number of benzene rings is 1. The maximum absolute atomic E-state index is 14.9. The number of hydrogen-bond acceptors (Lipinski definition) is 18. The third kappa shape index (κ3) is 13.7. The van der Waals surface area contributed by atoms with Crippen LogP contribution in [-0.4, -0.2) is 213 Å². The third-order valence-electron chi connectivity index (χ3n) is 17.6. The monoisotopic (exact) mass is 1060 g/mol. The lowest BCUT2D eigenvalue weighted by Gasteiger charge is -2.51. The molecule has 20 heteroatoms. The summed E-state index contributed by atoms with van der Waals surface area (Å²) in [4.78, 5) is 20.7. The van der Waals surface area contributed by atoms with Crippen LogP contribution in [0.15, 0.2) is 30.5 Å². The number of anilines is 1. The molecule has 1 aromatic carbocycles. The minimum Gasteiger partial charge on any atom is -0.459 e. The zero-order valence-corrected chi connectivity index (χ0v) is 47.2. The number of aliphatic hydroxyl groups is 6. The Bertz CT molecular complexity index is 2110. The van der Waals surface area contributed by atoms with Gasteiger partial charge in [-0.25, -0.2) is 9.07 Å². The van der Waals surface area contributed by atoms with Crippen LogP contribution in [0.5, 0.6) is 0 Å². The van der Waals surface area contributed by atoms with Crippen molar-refractivity contribution in [1.82, 2.24) is 24.8 Å². The molecule has 4 aliphatic rings. The van der Waals surface area contributed by atoms with Crippen LogP contribution in [0.3, 0.4) is 0 Å². The highest BCUT2D eigenvalue weighted by Crippen LogP contribution is 2.45. The Morgan fingerprint density at radius 3 is 2.24 bits per heavy atom. The lowest BCUT2D eigenvalue weighted by Crippen LogP contribution is -2.62. The molecule has 0 spiro atoms. The Morgan fingerprint density at radius 1 is 0.960 bits per heavy atom. The van der Waals surface area contributed by atoms with E-state index in [9.17, 15) is 39.8 Å². The molecule has 0 saturated carbocycles. The predicted molar refractivity (Wildman–Crippen MR) is 280 cm³/mol. The summed E-state index contributed by atoms with van der Waals surface area (Å²) in [6, 6.07) is 5.90. The van der Waals surface area contributed by atoms with Crippen molar-refractivity contribution in [3.05, 3.63) is 41.7 Å². The molecule has 4 aliphatic heterocycles. The molecule has 5 heterocycles. The SMILES string of the molecule is CC[C@H]1OC(=O)[C@H](C)[C@@H](C2C[C@@](C)(OC)[C@@H](O)[C@H](C)O2)[C@H](C)[C@@H](O[C@@H]2O[C@H](C)C[C@H](N(C)CCc3cn([C@H](CF)[C@H](OC)c4ccc(N5CC[C@H](O)C5)cc4)nn3)[C@H]2O)[C@](C)(O)C[C@@H](C)CN(C)[C@H](C)[C@@H](O)[C@]1(C)O. The van der Waals surface area contributed by atoms with Gasteiger partial charge in [-0.05, 0) is 111 Å². The number of carbonyl (C=O) groups excluding carboxylic acids is 1. The van der Waals surface area contributed by atoms with Crippen molar-refractivity contribution in [3.8, 4) is 0 Å². The first-order valence-electron chi connectivity index (χ1n) is 27.3. The van der Waals surface area contributed by atoms with Crippen LogP contribution in [0, 0.1) is 23.7 Å². The molecule has 1 unspecified atom stereocenters. The second kappa shape index (κ2) is 25.4. The molecule has 0 radical (unpaired) electrons. The summed E-state index contributed by atoms with van der Waals surface area (Å²) < 4.78 is 54.5. The average molecular weight is 1070 g/mol. The molecule has 1 aromatic heterocycles. The number of hydrogen-bond donors (Lipinski definition) is 6. The van der Waals surface area contributed by atoms with Crippen LogP contribution in [-0.2, 0) is 39.6 Å². The standard InChI is InChI=1S/C55H93FN6O13/c1-15-44-55(10,69)48(65)35(6)60(12)28-31(2)25-53(8,68)50(33(4)45(34(5)51(67)74-44)43-26-54(9,71-14)49(66)36(7)73-43)75-52-46(64)41(24-32(3)72-52)59(11)22-20-38-29-62(58-57-38)42(27-56)47(70-13)37-16-18-39(19-17-37)61-23-21-40(63)30-61/h16-19,29,31-36,40-50,52,63-66,68-69H,15,20-28,30H2,1-14H3/t31-,32-,33+,34-,35-,36+,40+,41+,42-,43?,44-,45+,46-,47-,48-,49+,50-,52+,53-,54-,55-/m1/s1. The Balaban J connectivity index is 1.26. The smallest absolute Gasteiger partial charge is 0.309 e. The number of halogens is 1. The predicted octanol–water partition coefficient (Wildman–Crippen LogP) is 3.85. The number of likely N-dealkylation sites (N-methyl/N-ethyl adjacent to an activating group) is 2. The molecule has 6 N–H and O–H groups in total. The van der Waals surface area contributed by atoms with Gasteiger partial charge in [0.05, 0.1) is 53.3 Å². The minimum absolute atomic E-state index is 0.171. The Kier molecular flexibility index (Phi) is 20.8. The van der Waals surface area contributed by atoms with E-state index in [1.165, 1.54) is 18.7 Å². The average Bonchev–Trinajstić information content (AvgIpc) is 4.03. The fourth-order valence-corrected chi connectivity index (χ4v) is 12.9. The van der Waals surface area contributed by atoms with Crippen molar-refractivity contribution in [2.45, 2.75) is 210 Å². The van der Waals surface area contributed by atoms with Gasteiger partial charge in [0, 0.05) is 83.1 Å². The van der Waals surface area contributed by atoms with E-state index in [0.29, 0.717) is 44.6 Å². The van der Waals surface area contributed by atoms with Crippen molar-refractivity contribution < 1.29 is 68.2 Å². The fourth-order valence-electron chi connectivity index (χ4n) is 12.9. The number of aromatic nitrogens is 3. The summed E-state index contributed by atoms with van der Waals surface area (Å²) in [5.41, 5.74) is -2.15. The number of esters is 1. The van der Waals surface area contributed by atoms with E-state index >= 15 is 0 Å². The molecule has 21 atom stereocenters. The van der Waals surface area contributed by atoms with Crippen molar-refractivity contribution in [1.29, 1.82) is 0 Å². The number of alkyl halides is 1. The van der Waals surface area contributed by atoms with Crippen molar-refractivity contribution in [2.75, 3.05) is 66.1 Å². The van der Waals surface area contributed by atoms with Gasteiger partial charge in [0.1, 0.15) is 48.8 Å². The number of methoxy groups -OCH3 is 2. The van der Waals surface area contributed by atoms with Gasteiger partial charge in [0.2, 0.25) is 0 Å². The highest BCUT2D eigenvalue weighted by atomic mass is 19.1. The second-order valence-electron chi connectivity index (χ2n) is 23.6. The number of cyclic esters (lactones) is 1. The quantitative estimate of drug-likeness (QED) is 0.139. The number of rotatable bonds is 15. The van der Waals surface area contributed by atoms with Crippen LogP contribution in [0.25, 0.3) is 0 Å². The molecule has 75 heavy (non-hydrogen) atoms.